The highest BCUT2D eigenvalue weighted by Crippen LogP contribution is 2.46. The Bertz CT molecular complexity index is 881. The summed E-state index contributed by atoms with van der Waals surface area (Å²) in [6.45, 7) is 3.88. The summed E-state index contributed by atoms with van der Waals surface area (Å²) in [4.78, 5) is 16.4. The van der Waals surface area contributed by atoms with Crippen molar-refractivity contribution < 1.29 is 23.8 Å². The lowest BCUT2D eigenvalue weighted by molar-refractivity contribution is -0.176. The van der Waals surface area contributed by atoms with Gasteiger partial charge in [-0.15, -0.1) is 0 Å². The topological polar surface area (TPSA) is 75.3 Å². The van der Waals surface area contributed by atoms with Crippen LogP contribution in [0.15, 0.2) is 30.6 Å². The molecule has 158 valence electrons. The Kier molecular flexibility index (Phi) is 6.08. The first-order valence-electron chi connectivity index (χ1n) is 10.2. The minimum Gasteiger partial charge on any atom is -0.479 e. The van der Waals surface area contributed by atoms with E-state index in [9.17, 15) is 23.8 Å². The monoisotopic (exact) mass is 406 g/mol. The second-order valence-corrected chi connectivity index (χ2v) is 8.01. The molecule has 1 heterocycles. The summed E-state index contributed by atoms with van der Waals surface area (Å²) < 4.78 is 30.0. The first kappa shape index (κ1) is 21.4. The minimum atomic E-state index is -2.95. The van der Waals surface area contributed by atoms with E-state index in [1.807, 2.05) is 24.5 Å². The Morgan fingerprint density at radius 3 is 2.76 bits per heavy atom. The van der Waals surface area contributed by atoms with Crippen molar-refractivity contribution in [3.05, 3.63) is 47.5 Å². The average molecular weight is 406 g/mol. The van der Waals surface area contributed by atoms with Gasteiger partial charge in [-0.3, -0.25) is 0 Å². The molecule has 0 spiro atoms. The van der Waals surface area contributed by atoms with Crippen molar-refractivity contribution in [3.8, 4) is 5.69 Å². The Morgan fingerprint density at radius 2 is 2.17 bits per heavy atom. The van der Waals surface area contributed by atoms with Crippen LogP contribution in [-0.4, -0.2) is 31.7 Å². The Morgan fingerprint density at radius 1 is 1.41 bits per heavy atom. The number of nitrogens with zero attached hydrogens (tertiary/aromatic N) is 2. The first-order chi connectivity index (χ1) is 13.7. The zero-order valence-corrected chi connectivity index (χ0v) is 16.9. The van der Waals surface area contributed by atoms with Crippen LogP contribution in [0.1, 0.15) is 62.4 Å². The molecule has 2 N–H and O–H groups in total. The highest BCUT2D eigenvalue weighted by molar-refractivity contribution is 5.80. The number of hydrogen-bond acceptors (Lipinski definition) is 3. The predicted octanol–water partition coefficient (Wildman–Crippen LogP) is 4.62. The molecule has 1 fully saturated rings. The number of unbranched alkanes of at least 4 members (excludes halogenated alkanes) is 1. The van der Waals surface area contributed by atoms with E-state index < -0.39 is 29.8 Å². The molecule has 3 rings (SSSR count). The van der Waals surface area contributed by atoms with Gasteiger partial charge in [-0.2, -0.15) is 0 Å². The smallest absolute Gasteiger partial charge is 0.340 e. The number of aryl methyl sites for hydroxylation is 2. The SMILES string of the molecule is CCCCc1cc(-n2ccnc2C)ccc1C(O)(C(=O)O)C1CCCC(F)(F)C1. The molecule has 2 unspecified atom stereocenters. The molecule has 7 heteroatoms. The highest BCUT2D eigenvalue weighted by Gasteiger charge is 2.52. The second-order valence-electron chi connectivity index (χ2n) is 8.01. The molecule has 0 radical (unpaired) electrons. The van der Waals surface area contributed by atoms with Crippen molar-refractivity contribution in [1.82, 2.24) is 9.55 Å². The maximum Gasteiger partial charge on any atom is 0.340 e. The highest BCUT2D eigenvalue weighted by atomic mass is 19.3. The van der Waals surface area contributed by atoms with Crippen molar-refractivity contribution in [2.24, 2.45) is 5.92 Å². The third-order valence-electron chi connectivity index (χ3n) is 5.96. The minimum absolute atomic E-state index is 0.198. The number of carboxylic acids is 1. The number of aliphatic hydroxyl groups is 1. The third-order valence-corrected chi connectivity index (χ3v) is 5.96. The lowest BCUT2D eigenvalue weighted by atomic mass is 9.70. The van der Waals surface area contributed by atoms with Crippen LogP contribution in [0.5, 0.6) is 0 Å². The van der Waals surface area contributed by atoms with Gasteiger partial charge in [0.1, 0.15) is 5.82 Å². The molecule has 1 saturated carbocycles. The summed E-state index contributed by atoms with van der Waals surface area (Å²) in [5.41, 5.74) is -0.634. The first-order valence-corrected chi connectivity index (χ1v) is 10.2. The fourth-order valence-electron chi connectivity index (χ4n) is 4.36. The van der Waals surface area contributed by atoms with Gasteiger partial charge in [-0.1, -0.05) is 19.4 Å². The number of aliphatic carboxylic acids is 1. The van der Waals surface area contributed by atoms with Crippen molar-refractivity contribution in [3.63, 3.8) is 0 Å². The number of imidazole rings is 1. The van der Waals surface area contributed by atoms with E-state index >= 15 is 0 Å². The van der Waals surface area contributed by atoms with E-state index in [1.165, 1.54) is 0 Å². The number of alkyl halides is 2. The predicted molar refractivity (Wildman–Crippen MR) is 105 cm³/mol. The van der Waals surface area contributed by atoms with E-state index in [0.29, 0.717) is 12.0 Å². The maximum atomic E-state index is 14.0. The maximum absolute atomic E-state index is 14.0. The summed E-state index contributed by atoms with van der Waals surface area (Å²) in [6, 6.07) is 5.14. The van der Waals surface area contributed by atoms with Crippen LogP contribution < -0.4 is 0 Å². The molecule has 2 atom stereocenters. The molecule has 0 aliphatic heterocycles. The lowest BCUT2D eigenvalue weighted by Gasteiger charge is -2.39. The second kappa shape index (κ2) is 8.22. The van der Waals surface area contributed by atoms with Gasteiger partial charge in [-0.05, 0) is 55.9 Å². The Balaban J connectivity index is 2.09. The number of carbonyl (C=O) groups is 1. The lowest BCUT2D eigenvalue weighted by Crippen LogP contribution is -2.47. The molecule has 1 aromatic heterocycles. The molecule has 1 aliphatic rings. The summed E-state index contributed by atoms with van der Waals surface area (Å²) in [5.74, 6) is -4.68. The van der Waals surface area contributed by atoms with Crippen LogP contribution >= 0.6 is 0 Å². The summed E-state index contributed by atoms with van der Waals surface area (Å²) in [5, 5.41) is 21.3. The zero-order chi connectivity index (χ0) is 21.2. The van der Waals surface area contributed by atoms with Gasteiger partial charge in [0.2, 0.25) is 5.92 Å². The molecular formula is C22H28F2N2O3. The van der Waals surface area contributed by atoms with E-state index in [2.05, 4.69) is 4.98 Å². The molecule has 2 aromatic rings. The summed E-state index contributed by atoms with van der Waals surface area (Å²) in [6.07, 6.45) is 5.30. The normalized spacial score (nSPS) is 20.9. The van der Waals surface area contributed by atoms with E-state index in [1.54, 1.807) is 24.5 Å². The van der Waals surface area contributed by atoms with Crippen LogP contribution in [0.3, 0.4) is 0 Å². The van der Waals surface area contributed by atoms with Crippen molar-refractivity contribution >= 4 is 5.97 Å². The van der Waals surface area contributed by atoms with Gasteiger partial charge in [-0.25, -0.2) is 18.6 Å². The van der Waals surface area contributed by atoms with Gasteiger partial charge < -0.3 is 14.8 Å². The number of aromatic nitrogens is 2. The molecular weight excluding hydrogens is 378 g/mol. The molecule has 0 amide bonds. The van der Waals surface area contributed by atoms with E-state index in [4.69, 9.17) is 0 Å². The van der Waals surface area contributed by atoms with Crippen LogP contribution in [0, 0.1) is 12.8 Å². The van der Waals surface area contributed by atoms with Crippen LogP contribution in [-0.2, 0) is 16.8 Å². The Hall–Kier alpha value is -2.28. The van der Waals surface area contributed by atoms with Gasteiger partial charge >= 0.3 is 5.97 Å². The van der Waals surface area contributed by atoms with E-state index in [0.717, 1.165) is 24.4 Å². The summed E-state index contributed by atoms with van der Waals surface area (Å²) >= 11 is 0. The van der Waals surface area contributed by atoms with Crippen LogP contribution in [0.4, 0.5) is 8.78 Å². The molecule has 0 bridgehead atoms. The van der Waals surface area contributed by atoms with Crippen molar-refractivity contribution in [1.29, 1.82) is 0 Å². The average Bonchev–Trinajstić information content (AvgIpc) is 3.10. The van der Waals surface area contributed by atoms with E-state index in [-0.39, 0.29) is 24.8 Å². The number of rotatable bonds is 7. The fraction of sp³-hybridized carbons (Fsp3) is 0.545. The van der Waals surface area contributed by atoms with Gasteiger partial charge in [0.05, 0.1) is 0 Å². The largest absolute Gasteiger partial charge is 0.479 e. The van der Waals surface area contributed by atoms with Gasteiger partial charge in [0.25, 0.3) is 0 Å². The molecule has 5 nitrogen and oxygen atoms in total. The van der Waals surface area contributed by atoms with Crippen molar-refractivity contribution in [2.45, 2.75) is 70.3 Å². The van der Waals surface area contributed by atoms with Crippen LogP contribution in [0.2, 0.25) is 0 Å². The van der Waals surface area contributed by atoms with Gasteiger partial charge in [0, 0.05) is 36.8 Å². The Labute approximate surface area is 169 Å². The molecule has 0 saturated heterocycles. The van der Waals surface area contributed by atoms with Gasteiger partial charge in [0.15, 0.2) is 5.60 Å². The molecule has 1 aliphatic carbocycles. The number of benzene rings is 1. The van der Waals surface area contributed by atoms with Crippen molar-refractivity contribution in [2.75, 3.05) is 0 Å². The number of hydrogen-bond donors (Lipinski definition) is 2. The fourth-order valence-corrected chi connectivity index (χ4v) is 4.36. The molecule has 1 aromatic carbocycles. The molecule has 29 heavy (non-hydrogen) atoms. The van der Waals surface area contributed by atoms with Crippen LogP contribution in [0.25, 0.3) is 5.69 Å². The number of carboxylic acid groups (broad SMARTS) is 1. The summed E-state index contributed by atoms with van der Waals surface area (Å²) in [7, 11) is 0. The quantitative estimate of drug-likeness (QED) is 0.703. The third kappa shape index (κ3) is 4.20. The standard InChI is InChI=1S/C22H28F2N2O3/c1-3-4-6-16-13-18(26-12-11-25-15(26)2)8-9-19(16)22(29,20(27)28)17-7-5-10-21(23,24)14-17/h8-9,11-13,17,29H,3-7,10,14H2,1-2H3,(H,27,28). The zero-order valence-electron chi connectivity index (χ0n) is 16.9. The number of halogens is 2.